The van der Waals surface area contributed by atoms with Gasteiger partial charge in [0, 0.05) is 37.0 Å². The highest BCUT2D eigenvalue weighted by atomic mass is 16.1. The lowest BCUT2D eigenvalue weighted by molar-refractivity contribution is 0.147. The Morgan fingerprint density at radius 3 is 3.03 bits per heavy atom. The second-order valence-corrected chi connectivity index (χ2v) is 8.35. The van der Waals surface area contributed by atoms with E-state index in [4.69, 9.17) is 0 Å². The molecule has 5 rings (SSSR count). The summed E-state index contributed by atoms with van der Waals surface area (Å²) < 4.78 is 3.41. The molecule has 1 atom stereocenters. The second-order valence-electron chi connectivity index (χ2n) is 8.35. The zero-order valence-corrected chi connectivity index (χ0v) is 17.4. The molecule has 1 aliphatic heterocycles. The van der Waals surface area contributed by atoms with Crippen LogP contribution in [0.3, 0.4) is 0 Å². The first-order valence-corrected chi connectivity index (χ1v) is 10.9. The number of rotatable bonds is 6. The molecule has 1 N–H and O–H groups in total. The predicted molar refractivity (Wildman–Crippen MR) is 114 cm³/mol. The lowest BCUT2D eigenvalue weighted by atomic mass is 10.0. The van der Waals surface area contributed by atoms with Crippen LogP contribution in [0.4, 0.5) is 5.82 Å². The molecule has 0 spiro atoms. The molecule has 0 amide bonds. The van der Waals surface area contributed by atoms with E-state index in [2.05, 4.69) is 30.4 Å². The van der Waals surface area contributed by atoms with Crippen LogP contribution in [0, 0.1) is 6.92 Å². The monoisotopic (exact) mass is 408 g/mol. The first-order valence-electron chi connectivity index (χ1n) is 10.9. The number of hydrogen-bond acceptors (Lipinski definition) is 7. The van der Waals surface area contributed by atoms with Gasteiger partial charge in [-0.3, -0.25) is 9.69 Å². The third-order valence-corrected chi connectivity index (χ3v) is 6.27. The Morgan fingerprint density at radius 2 is 2.10 bits per heavy atom. The SMILES string of the molecule is Cc1cc(NCC2CCCCN2CCn2nc3c(cc2=O)CCC3)n2ncnc2n1. The zero-order chi connectivity index (χ0) is 20.5. The highest BCUT2D eigenvalue weighted by Gasteiger charge is 2.23. The van der Waals surface area contributed by atoms with Gasteiger partial charge in [0.25, 0.3) is 11.3 Å². The number of anilines is 1. The molecular formula is C21H28N8O. The summed E-state index contributed by atoms with van der Waals surface area (Å²) in [7, 11) is 0. The van der Waals surface area contributed by atoms with Crippen molar-refractivity contribution in [2.45, 2.75) is 58.0 Å². The van der Waals surface area contributed by atoms with Crippen LogP contribution in [-0.2, 0) is 19.4 Å². The standard InChI is InChI=1S/C21H28N8O/c1-15-11-19(29-21(25-15)23-14-24-29)22-13-17-6-2-3-8-27(17)9-10-28-20(30)12-16-5-4-7-18(16)26-28/h11-12,14,17,22H,2-10,13H2,1H3. The molecule has 0 radical (unpaired) electrons. The molecule has 9 heteroatoms. The third-order valence-electron chi connectivity index (χ3n) is 6.27. The number of piperidine rings is 1. The maximum absolute atomic E-state index is 12.4. The highest BCUT2D eigenvalue weighted by molar-refractivity contribution is 5.44. The minimum absolute atomic E-state index is 0.0307. The Hall–Kier alpha value is -2.81. The van der Waals surface area contributed by atoms with Gasteiger partial charge in [-0.25, -0.2) is 9.67 Å². The van der Waals surface area contributed by atoms with E-state index in [1.165, 1.54) is 19.2 Å². The average Bonchev–Trinajstić information content (AvgIpc) is 3.39. The maximum atomic E-state index is 12.4. The van der Waals surface area contributed by atoms with Crippen molar-refractivity contribution in [3.05, 3.63) is 45.8 Å². The van der Waals surface area contributed by atoms with Crippen molar-refractivity contribution in [2.75, 3.05) is 25.0 Å². The minimum atomic E-state index is 0.0307. The number of hydrogen-bond donors (Lipinski definition) is 1. The summed E-state index contributed by atoms with van der Waals surface area (Å²) in [6, 6.07) is 4.21. The average molecular weight is 409 g/mol. The van der Waals surface area contributed by atoms with Crippen LogP contribution in [0.2, 0.25) is 0 Å². The Labute approximate surface area is 175 Å². The largest absolute Gasteiger partial charge is 0.368 e. The molecule has 3 aromatic heterocycles. The molecule has 1 unspecified atom stereocenters. The molecule has 1 saturated heterocycles. The molecule has 1 fully saturated rings. The zero-order valence-electron chi connectivity index (χ0n) is 17.4. The summed E-state index contributed by atoms with van der Waals surface area (Å²) in [5, 5.41) is 12.5. The maximum Gasteiger partial charge on any atom is 0.267 e. The fraction of sp³-hybridized carbons (Fsp3) is 0.571. The summed E-state index contributed by atoms with van der Waals surface area (Å²) in [4.78, 5) is 23.5. The Morgan fingerprint density at radius 1 is 1.17 bits per heavy atom. The van der Waals surface area contributed by atoms with E-state index in [0.717, 1.165) is 68.1 Å². The van der Waals surface area contributed by atoms with Gasteiger partial charge in [-0.05, 0) is 51.1 Å². The van der Waals surface area contributed by atoms with Gasteiger partial charge >= 0.3 is 0 Å². The van der Waals surface area contributed by atoms with E-state index >= 15 is 0 Å². The lowest BCUT2D eigenvalue weighted by Crippen LogP contribution is -2.45. The number of aryl methyl sites for hydroxylation is 3. The van der Waals surface area contributed by atoms with Crippen molar-refractivity contribution in [3.8, 4) is 0 Å². The fourth-order valence-corrected chi connectivity index (χ4v) is 4.69. The van der Waals surface area contributed by atoms with Crippen molar-refractivity contribution >= 4 is 11.6 Å². The summed E-state index contributed by atoms with van der Waals surface area (Å²) in [6.45, 7) is 5.33. The van der Waals surface area contributed by atoms with Gasteiger partial charge in [-0.15, -0.1) is 0 Å². The Kier molecular flexibility index (Phi) is 5.20. The normalized spacial score (nSPS) is 19.3. The molecule has 0 saturated carbocycles. The van der Waals surface area contributed by atoms with Crippen molar-refractivity contribution in [2.24, 2.45) is 0 Å². The molecule has 158 valence electrons. The van der Waals surface area contributed by atoms with E-state index in [-0.39, 0.29) is 5.56 Å². The second kappa shape index (κ2) is 8.14. The van der Waals surface area contributed by atoms with Crippen LogP contribution >= 0.6 is 0 Å². The lowest BCUT2D eigenvalue weighted by Gasteiger charge is -2.36. The quantitative estimate of drug-likeness (QED) is 0.660. The van der Waals surface area contributed by atoms with Crippen LogP contribution in [0.15, 0.2) is 23.3 Å². The molecule has 0 bridgehead atoms. The van der Waals surface area contributed by atoms with Crippen molar-refractivity contribution < 1.29 is 0 Å². The highest BCUT2D eigenvalue weighted by Crippen LogP contribution is 2.19. The summed E-state index contributed by atoms with van der Waals surface area (Å²) >= 11 is 0. The smallest absolute Gasteiger partial charge is 0.267 e. The molecule has 2 aliphatic rings. The van der Waals surface area contributed by atoms with Crippen molar-refractivity contribution in [1.82, 2.24) is 34.3 Å². The van der Waals surface area contributed by atoms with Gasteiger partial charge in [-0.2, -0.15) is 19.7 Å². The van der Waals surface area contributed by atoms with Gasteiger partial charge in [0.05, 0.1) is 12.2 Å². The third kappa shape index (κ3) is 3.81. The van der Waals surface area contributed by atoms with E-state index in [1.807, 2.05) is 13.0 Å². The minimum Gasteiger partial charge on any atom is -0.368 e. The number of nitrogens with one attached hydrogen (secondary N) is 1. The van der Waals surface area contributed by atoms with Gasteiger partial charge in [0.1, 0.15) is 12.1 Å². The van der Waals surface area contributed by atoms with E-state index in [9.17, 15) is 4.79 Å². The number of fused-ring (bicyclic) bond motifs is 2. The van der Waals surface area contributed by atoms with Gasteiger partial charge in [0.2, 0.25) is 0 Å². The molecule has 0 aromatic carbocycles. The fourth-order valence-electron chi connectivity index (χ4n) is 4.69. The molecule has 1 aliphatic carbocycles. The van der Waals surface area contributed by atoms with Gasteiger partial charge in [0.15, 0.2) is 0 Å². The number of aromatic nitrogens is 6. The van der Waals surface area contributed by atoms with Crippen molar-refractivity contribution in [3.63, 3.8) is 0 Å². The van der Waals surface area contributed by atoms with Crippen LogP contribution in [0.5, 0.6) is 0 Å². The summed E-state index contributed by atoms with van der Waals surface area (Å²) in [5.41, 5.74) is 3.20. The Bertz CT molecular complexity index is 1100. The van der Waals surface area contributed by atoms with E-state index in [0.29, 0.717) is 18.4 Å². The van der Waals surface area contributed by atoms with Crippen LogP contribution < -0.4 is 10.9 Å². The predicted octanol–water partition coefficient (Wildman–Crippen LogP) is 1.44. The number of nitrogens with zero attached hydrogens (tertiary/aromatic N) is 7. The van der Waals surface area contributed by atoms with E-state index in [1.54, 1.807) is 15.3 Å². The summed E-state index contributed by atoms with van der Waals surface area (Å²) in [6.07, 6.45) is 8.20. The topological polar surface area (TPSA) is 93.2 Å². The van der Waals surface area contributed by atoms with Gasteiger partial charge < -0.3 is 5.32 Å². The molecule has 3 aromatic rings. The van der Waals surface area contributed by atoms with Crippen LogP contribution in [-0.4, -0.2) is 59.9 Å². The van der Waals surface area contributed by atoms with E-state index < -0.39 is 0 Å². The van der Waals surface area contributed by atoms with Gasteiger partial charge in [-0.1, -0.05) is 6.42 Å². The first kappa shape index (κ1) is 19.2. The van der Waals surface area contributed by atoms with Crippen molar-refractivity contribution in [1.29, 1.82) is 0 Å². The van der Waals surface area contributed by atoms with Crippen LogP contribution in [0.1, 0.15) is 42.6 Å². The molecule has 30 heavy (non-hydrogen) atoms. The number of likely N-dealkylation sites (tertiary alicyclic amines) is 1. The Balaban J connectivity index is 1.26. The molecule has 4 heterocycles. The van der Waals surface area contributed by atoms with Crippen LogP contribution in [0.25, 0.3) is 5.78 Å². The molecular weight excluding hydrogens is 380 g/mol. The summed E-state index contributed by atoms with van der Waals surface area (Å²) in [5.74, 6) is 1.53. The molecule has 9 nitrogen and oxygen atoms in total. The first-order chi connectivity index (χ1) is 14.7.